The van der Waals surface area contributed by atoms with Crippen LogP contribution in [-0.4, -0.2) is 7.11 Å². The SMILES string of the molecule is Br.COc1ccccc1C[PH](c1ccccc1)(c1ccccc1)c1ccccc1. The number of rotatable bonds is 6. The van der Waals surface area contributed by atoms with Gasteiger partial charge in [-0.3, -0.25) is 0 Å². The summed E-state index contributed by atoms with van der Waals surface area (Å²) in [6.07, 6.45) is 0.953. The third kappa shape index (κ3) is 4.29. The van der Waals surface area contributed by atoms with E-state index in [1.165, 1.54) is 21.5 Å². The molecule has 0 bridgehead atoms. The number of hydrogen-bond acceptors (Lipinski definition) is 1. The molecule has 0 N–H and O–H groups in total. The minimum atomic E-state index is -2.29. The van der Waals surface area contributed by atoms with Gasteiger partial charge in [0.05, 0.1) is 0 Å². The molecule has 0 aromatic heterocycles. The van der Waals surface area contributed by atoms with Crippen molar-refractivity contribution in [3.8, 4) is 5.75 Å². The number of benzene rings is 4. The van der Waals surface area contributed by atoms with Crippen LogP contribution in [0, 0.1) is 0 Å². The summed E-state index contributed by atoms with van der Waals surface area (Å²) < 4.78 is 5.72. The van der Waals surface area contributed by atoms with Crippen LogP contribution in [0.1, 0.15) is 5.56 Å². The van der Waals surface area contributed by atoms with Crippen molar-refractivity contribution < 1.29 is 4.74 Å². The molecule has 4 aromatic carbocycles. The summed E-state index contributed by atoms with van der Waals surface area (Å²) in [7, 11) is -0.533. The zero-order valence-corrected chi connectivity index (χ0v) is 19.2. The fourth-order valence-corrected chi connectivity index (χ4v) is 8.87. The zero-order chi connectivity index (χ0) is 19.2. The first-order valence-corrected chi connectivity index (χ1v) is 11.8. The first-order valence-electron chi connectivity index (χ1n) is 9.63. The standard InChI is InChI=1S/C26H25OP.BrH/c1-27-26-20-12-11-13-22(26)21-28(23-14-5-2-6-15-23,24-16-7-3-8-17-24)25-18-9-4-10-19-25;/h2-20,28H,21H2,1H3;1H. The fourth-order valence-electron chi connectivity index (χ4n) is 4.11. The van der Waals surface area contributed by atoms with Gasteiger partial charge >= 0.3 is 168 Å². The summed E-state index contributed by atoms with van der Waals surface area (Å²) >= 11 is 0. The van der Waals surface area contributed by atoms with Gasteiger partial charge in [0.25, 0.3) is 0 Å². The third-order valence-corrected chi connectivity index (χ3v) is 10.3. The third-order valence-electron chi connectivity index (χ3n) is 5.45. The zero-order valence-electron chi connectivity index (χ0n) is 16.5. The summed E-state index contributed by atoms with van der Waals surface area (Å²) in [5.74, 6) is 0.960. The van der Waals surface area contributed by atoms with Gasteiger partial charge in [-0.1, -0.05) is 0 Å². The number of halogens is 1. The van der Waals surface area contributed by atoms with Gasteiger partial charge in [0.1, 0.15) is 0 Å². The van der Waals surface area contributed by atoms with Gasteiger partial charge in [0, 0.05) is 0 Å². The van der Waals surface area contributed by atoms with Crippen molar-refractivity contribution in [2.24, 2.45) is 0 Å². The van der Waals surface area contributed by atoms with Crippen LogP contribution in [0.3, 0.4) is 0 Å². The van der Waals surface area contributed by atoms with Crippen LogP contribution in [0.15, 0.2) is 115 Å². The van der Waals surface area contributed by atoms with Gasteiger partial charge in [0.2, 0.25) is 0 Å². The van der Waals surface area contributed by atoms with Crippen molar-refractivity contribution in [3.63, 3.8) is 0 Å². The molecule has 0 fully saturated rings. The van der Waals surface area contributed by atoms with Gasteiger partial charge in [-0.25, -0.2) is 0 Å². The van der Waals surface area contributed by atoms with E-state index >= 15 is 0 Å². The average Bonchev–Trinajstić information content (AvgIpc) is 2.79. The number of hydrogen-bond donors (Lipinski definition) is 0. The van der Waals surface area contributed by atoms with Crippen molar-refractivity contribution in [3.05, 3.63) is 121 Å². The molecular formula is C26H26BrOP. The van der Waals surface area contributed by atoms with Crippen molar-refractivity contribution in [2.45, 2.75) is 6.16 Å². The summed E-state index contributed by atoms with van der Waals surface area (Å²) in [5.41, 5.74) is 1.26. The Balaban J connectivity index is 0.00000240. The number of para-hydroxylation sites is 1. The quantitative estimate of drug-likeness (QED) is 0.342. The van der Waals surface area contributed by atoms with E-state index in [4.69, 9.17) is 4.74 Å². The summed E-state index contributed by atoms with van der Waals surface area (Å²) in [4.78, 5) is 0. The molecule has 0 saturated heterocycles. The maximum atomic E-state index is 5.72. The van der Waals surface area contributed by atoms with Crippen molar-refractivity contribution in [2.75, 3.05) is 7.11 Å². The molecular weight excluding hydrogens is 439 g/mol. The second-order valence-corrected chi connectivity index (χ2v) is 10.9. The molecule has 4 aromatic rings. The summed E-state index contributed by atoms with van der Waals surface area (Å²) in [6.45, 7) is 0. The Kier molecular flexibility index (Phi) is 7.25. The maximum absolute atomic E-state index is 5.72. The predicted molar refractivity (Wildman–Crippen MR) is 134 cm³/mol. The van der Waals surface area contributed by atoms with E-state index < -0.39 is 7.26 Å². The van der Waals surface area contributed by atoms with E-state index in [0.29, 0.717) is 0 Å². The van der Waals surface area contributed by atoms with Gasteiger partial charge in [-0.15, -0.1) is 17.0 Å². The van der Waals surface area contributed by atoms with Crippen molar-refractivity contribution >= 4 is 40.2 Å². The van der Waals surface area contributed by atoms with Crippen LogP contribution in [0.2, 0.25) is 0 Å². The first kappa shape index (κ1) is 21.3. The summed E-state index contributed by atoms with van der Waals surface area (Å²) in [5, 5.41) is 4.25. The fraction of sp³-hybridized carbons (Fsp3) is 0.0769. The molecule has 0 saturated carbocycles. The molecule has 29 heavy (non-hydrogen) atoms. The molecule has 3 heteroatoms. The van der Waals surface area contributed by atoms with E-state index in [-0.39, 0.29) is 17.0 Å². The molecule has 0 aliphatic heterocycles. The van der Waals surface area contributed by atoms with Gasteiger partial charge in [-0.05, 0) is 0 Å². The topological polar surface area (TPSA) is 9.23 Å². The van der Waals surface area contributed by atoms with Crippen molar-refractivity contribution in [1.29, 1.82) is 0 Å². The van der Waals surface area contributed by atoms with Crippen LogP contribution < -0.4 is 20.7 Å². The summed E-state index contributed by atoms with van der Waals surface area (Å²) in [6, 6.07) is 41.4. The molecule has 148 valence electrons. The number of methoxy groups -OCH3 is 1. The van der Waals surface area contributed by atoms with Crippen molar-refractivity contribution in [1.82, 2.24) is 0 Å². The monoisotopic (exact) mass is 464 g/mol. The molecule has 0 atom stereocenters. The second-order valence-electron chi connectivity index (χ2n) is 6.99. The molecule has 0 aliphatic carbocycles. The second kappa shape index (κ2) is 9.87. The number of ether oxygens (including phenoxy) is 1. The molecule has 4 rings (SSSR count). The van der Waals surface area contributed by atoms with Gasteiger partial charge in [0.15, 0.2) is 0 Å². The Morgan fingerprint density at radius 2 is 0.931 bits per heavy atom. The van der Waals surface area contributed by atoms with Crippen LogP contribution in [0.4, 0.5) is 0 Å². The van der Waals surface area contributed by atoms with Gasteiger partial charge in [-0.2, -0.15) is 0 Å². The molecule has 0 radical (unpaired) electrons. The van der Waals surface area contributed by atoms with Crippen LogP contribution in [-0.2, 0) is 6.16 Å². The molecule has 1 nitrogen and oxygen atoms in total. The van der Waals surface area contributed by atoms with E-state index in [1.54, 1.807) is 7.11 Å². The minimum absolute atomic E-state index is 0. The molecule has 0 amide bonds. The van der Waals surface area contributed by atoms with E-state index in [0.717, 1.165) is 11.9 Å². The molecule has 0 aliphatic rings. The van der Waals surface area contributed by atoms with E-state index in [1.807, 2.05) is 6.07 Å². The first-order chi connectivity index (χ1) is 13.8. The normalized spacial score (nSPS) is 11.3. The Labute approximate surface area is 184 Å². The Bertz CT molecular complexity index is 923. The Hall–Kier alpha value is -2.41. The van der Waals surface area contributed by atoms with E-state index in [2.05, 4.69) is 109 Å². The van der Waals surface area contributed by atoms with Crippen LogP contribution in [0.25, 0.3) is 0 Å². The molecule has 0 heterocycles. The average molecular weight is 465 g/mol. The van der Waals surface area contributed by atoms with Crippen LogP contribution >= 0.6 is 24.2 Å². The van der Waals surface area contributed by atoms with Gasteiger partial charge < -0.3 is 0 Å². The Morgan fingerprint density at radius 1 is 0.552 bits per heavy atom. The predicted octanol–water partition coefficient (Wildman–Crippen LogP) is 5.50. The Morgan fingerprint density at radius 3 is 1.34 bits per heavy atom. The molecule has 0 unspecified atom stereocenters. The van der Waals surface area contributed by atoms with Crippen LogP contribution in [0.5, 0.6) is 5.75 Å². The molecule has 0 spiro atoms. The van der Waals surface area contributed by atoms with E-state index in [9.17, 15) is 0 Å².